The highest BCUT2D eigenvalue weighted by molar-refractivity contribution is 7.12. The Morgan fingerprint density at radius 2 is 2.42 bits per heavy atom. The van der Waals surface area contributed by atoms with E-state index in [2.05, 4.69) is 18.1 Å². The van der Waals surface area contributed by atoms with Crippen molar-refractivity contribution in [3.05, 3.63) is 34.4 Å². The Morgan fingerprint density at radius 1 is 1.58 bits per heavy atom. The lowest BCUT2D eigenvalue weighted by Crippen LogP contribution is -1.91. The Bertz CT molecular complexity index is 391. The molecule has 0 amide bonds. The van der Waals surface area contributed by atoms with E-state index in [0.29, 0.717) is 5.02 Å². The number of rotatable bonds is 1. The number of aryl methyl sites for hydroxylation is 1. The average Bonchev–Trinajstić information content (AvgIpc) is 2.58. The van der Waals surface area contributed by atoms with Gasteiger partial charge in [0.2, 0.25) is 0 Å². The zero-order chi connectivity index (χ0) is 8.55. The van der Waals surface area contributed by atoms with E-state index in [1.165, 1.54) is 5.56 Å². The van der Waals surface area contributed by atoms with Crippen molar-refractivity contribution in [1.82, 2.24) is 9.78 Å². The van der Waals surface area contributed by atoms with Crippen LogP contribution in [-0.2, 0) is 0 Å². The van der Waals surface area contributed by atoms with Gasteiger partial charge in [-0.1, -0.05) is 11.6 Å². The number of hydrogen-bond donors (Lipinski definition) is 0. The van der Waals surface area contributed by atoms with Gasteiger partial charge < -0.3 is 0 Å². The molecule has 0 aliphatic rings. The molecule has 0 unspecified atom stereocenters. The number of thiophene rings is 1. The first-order valence-electron chi connectivity index (χ1n) is 3.52. The van der Waals surface area contributed by atoms with E-state index in [9.17, 15) is 0 Å². The zero-order valence-corrected chi connectivity index (χ0v) is 8.06. The summed E-state index contributed by atoms with van der Waals surface area (Å²) in [6.07, 6.45) is 3.45. The summed E-state index contributed by atoms with van der Waals surface area (Å²) < 4.78 is 1.79. The highest BCUT2D eigenvalue weighted by atomic mass is 35.5. The van der Waals surface area contributed by atoms with Crippen molar-refractivity contribution in [2.24, 2.45) is 0 Å². The van der Waals surface area contributed by atoms with Crippen molar-refractivity contribution in [2.75, 3.05) is 0 Å². The van der Waals surface area contributed by atoms with E-state index in [-0.39, 0.29) is 0 Å². The Hall–Kier alpha value is -0.800. The molecule has 0 spiro atoms. The molecule has 0 aliphatic carbocycles. The van der Waals surface area contributed by atoms with Crippen LogP contribution < -0.4 is 0 Å². The lowest BCUT2D eigenvalue weighted by molar-refractivity contribution is 0.891. The fourth-order valence-electron chi connectivity index (χ4n) is 1.01. The van der Waals surface area contributed by atoms with Crippen LogP contribution in [0.4, 0.5) is 0 Å². The van der Waals surface area contributed by atoms with Crippen LogP contribution >= 0.6 is 22.9 Å². The van der Waals surface area contributed by atoms with Crippen molar-refractivity contribution in [3.63, 3.8) is 0 Å². The normalized spacial score (nSPS) is 10.5. The minimum absolute atomic E-state index is 0.669. The van der Waals surface area contributed by atoms with Gasteiger partial charge in [0.05, 0.1) is 17.4 Å². The monoisotopic (exact) mass is 198 g/mol. The molecule has 0 aliphatic heterocycles. The number of aromatic nitrogens is 2. The number of halogens is 1. The van der Waals surface area contributed by atoms with E-state index in [1.54, 1.807) is 28.4 Å². The second kappa shape index (κ2) is 2.92. The summed E-state index contributed by atoms with van der Waals surface area (Å²) in [7, 11) is 0. The molecule has 2 rings (SSSR count). The summed E-state index contributed by atoms with van der Waals surface area (Å²) in [4.78, 5) is 0. The Kier molecular flexibility index (Phi) is 1.90. The van der Waals surface area contributed by atoms with Crippen molar-refractivity contribution in [3.8, 4) is 5.00 Å². The standard InChI is InChI=1S/C8H7ClN2S/c1-6-2-3-12-8(6)11-5-7(9)4-10-11/h2-5H,1H3. The third-order valence-corrected chi connectivity index (χ3v) is 2.79. The van der Waals surface area contributed by atoms with Gasteiger partial charge in [0, 0.05) is 0 Å². The molecule has 62 valence electrons. The van der Waals surface area contributed by atoms with Gasteiger partial charge in [-0.3, -0.25) is 0 Å². The maximum atomic E-state index is 5.75. The maximum Gasteiger partial charge on any atom is 0.120 e. The van der Waals surface area contributed by atoms with Crippen LogP contribution in [0.15, 0.2) is 23.8 Å². The van der Waals surface area contributed by atoms with Gasteiger partial charge in [-0.2, -0.15) is 5.10 Å². The molecular formula is C8H7ClN2S. The van der Waals surface area contributed by atoms with Gasteiger partial charge in [-0.05, 0) is 23.9 Å². The van der Waals surface area contributed by atoms with Gasteiger partial charge in [0.25, 0.3) is 0 Å². The molecule has 0 N–H and O–H groups in total. The van der Waals surface area contributed by atoms with Crippen LogP contribution in [0, 0.1) is 6.92 Å². The van der Waals surface area contributed by atoms with Gasteiger partial charge >= 0.3 is 0 Å². The van der Waals surface area contributed by atoms with Crippen LogP contribution in [0.2, 0.25) is 5.02 Å². The van der Waals surface area contributed by atoms with Crippen LogP contribution in [-0.4, -0.2) is 9.78 Å². The summed E-state index contributed by atoms with van der Waals surface area (Å²) >= 11 is 7.41. The fraction of sp³-hybridized carbons (Fsp3) is 0.125. The first-order chi connectivity index (χ1) is 5.77. The van der Waals surface area contributed by atoms with Gasteiger partial charge in [-0.25, -0.2) is 4.68 Å². The Labute approximate surface area is 79.4 Å². The summed E-state index contributed by atoms with van der Waals surface area (Å²) in [5.41, 5.74) is 1.22. The van der Waals surface area contributed by atoms with Crippen molar-refractivity contribution in [1.29, 1.82) is 0 Å². The molecule has 0 saturated heterocycles. The van der Waals surface area contributed by atoms with Crippen molar-refractivity contribution >= 4 is 22.9 Å². The van der Waals surface area contributed by atoms with Crippen molar-refractivity contribution < 1.29 is 0 Å². The summed E-state index contributed by atoms with van der Waals surface area (Å²) in [5.74, 6) is 0. The Morgan fingerprint density at radius 3 is 2.92 bits per heavy atom. The van der Waals surface area contributed by atoms with E-state index in [1.807, 2.05) is 5.38 Å². The van der Waals surface area contributed by atoms with E-state index < -0.39 is 0 Å². The number of nitrogens with zero attached hydrogens (tertiary/aromatic N) is 2. The molecule has 2 aromatic heterocycles. The smallest absolute Gasteiger partial charge is 0.120 e. The summed E-state index contributed by atoms with van der Waals surface area (Å²) in [6.45, 7) is 2.06. The molecule has 0 fully saturated rings. The highest BCUT2D eigenvalue weighted by Gasteiger charge is 2.02. The largest absolute Gasteiger partial charge is 0.229 e. The first kappa shape index (κ1) is 7.83. The Balaban J connectivity index is 2.50. The average molecular weight is 199 g/mol. The molecule has 2 heterocycles. The lowest BCUT2D eigenvalue weighted by atomic mass is 10.4. The molecule has 2 nitrogen and oxygen atoms in total. The molecule has 0 saturated carbocycles. The van der Waals surface area contributed by atoms with Crippen LogP contribution in [0.5, 0.6) is 0 Å². The van der Waals surface area contributed by atoms with E-state index >= 15 is 0 Å². The molecule has 12 heavy (non-hydrogen) atoms. The molecule has 0 aromatic carbocycles. The third kappa shape index (κ3) is 1.26. The maximum absolute atomic E-state index is 5.75. The molecule has 2 aromatic rings. The molecule has 0 radical (unpaired) electrons. The fourth-order valence-corrected chi connectivity index (χ4v) is 2.01. The predicted octanol–water partition coefficient (Wildman–Crippen LogP) is 2.90. The van der Waals surface area contributed by atoms with Gasteiger partial charge in [0.1, 0.15) is 5.00 Å². The molecule has 0 atom stereocenters. The second-order valence-electron chi connectivity index (χ2n) is 2.51. The molecular weight excluding hydrogens is 192 g/mol. The predicted molar refractivity (Wildman–Crippen MR) is 51.2 cm³/mol. The second-order valence-corrected chi connectivity index (χ2v) is 3.84. The van der Waals surface area contributed by atoms with Crippen LogP contribution in [0.25, 0.3) is 5.00 Å². The quantitative estimate of drug-likeness (QED) is 0.689. The summed E-state index contributed by atoms with van der Waals surface area (Å²) in [5, 5.41) is 7.95. The topological polar surface area (TPSA) is 17.8 Å². The van der Waals surface area contributed by atoms with Gasteiger partial charge in [-0.15, -0.1) is 11.3 Å². The third-order valence-electron chi connectivity index (χ3n) is 1.59. The van der Waals surface area contributed by atoms with Crippen LogP contribution in [0.1, 0.15) is 5.56 Å². The van der Waals surface area contributed by atoms with E-state index in [0.717, 1.165) is 5.00 Å². The first-order valence-corrected chi connectivity index (χ1v) is 4.78. The highest BCUT2D eigenvalue weighted by Crippen LogP contribution is 2.21. The minimum atomic E-state index is 0.669. The number of hydrogen-bond acceptors (Lipinski definition) is 2. The SMILES string of the molecule is Cc1ccsc1-n1cc(Cl)cn1. The van der Waals surface area contributed by atoms with Crippen molar-refractivity contribution in [2.45, 2.75) is 6.92 Å². The van der Waals surface area contributed by atoms with Crippen LogP contribution in [0.3, 0.4) is 0 Å². The lowest BCUT2D eigenvalue weighted by Gasteiger charge is -1.96. The molecule has 4 heteroatoms. The molecule has 0 bridgehead atoms. The van der Waals surface area contributed by atoms with E-state index in [4.69, 9.17) is 11.6 Å². The van der Waals surface area contributed by atoms with Gasteiger partial charge in [0.15, 0.2) is 0 Å². The minimum Gasteiger partial charge on any atom is -0.229 e. The zero-order valence-electron chi connectivity index (χ0n) is 6.49. The summed E-state index contributed by atoms with van der Waals surface area (Å²) in [6, 6.07) is 2.07.